The summed E-state index contributed by atoms with van der Waals surface area (Å²) in [6.07, 6.45) is 0.964. The van der Waals surface area contributed by atoms with Gasteiger partial charge < -0.3 is 14.8 Å². The third-order valence-corrected chi connectivity index (χ3v) is 5.16. The molecule has 0 saturated carbocycles. The zero-order valence-corrected chi connectivity index (χ0v) is 17.9. The Morgan fingerprint density at radius 1 is 1.33 bits per heavy atom. The molecule has 0 aliphatic rings. The molecule has 2 rings (SSSR count). The normalized spacial score (nSPS) is 11.2. The molecule has 0 spiro atoms. The number of halogens is 1. The van der Waals surface area contributed by atoms with Crippen LogP contribution in [0.15, 0.2) is 23.4 Å². The zero-order chi connectivity index (χ0) is 20.0. The lowest BCUT2D eigenvalue weighted by molar-refractivity contribution is -0.134. The molecule has 8 heteroatoms. The van der Waals surface area contributed by atoms with Gasteiger partial charge in [-0.25, -0.2) is 4.98 Å². The molecule has 2 amide bonds. The van der Waals surface area contributed by atoms with Crippen molar-refractivity contribution >= 4 is 46.2 Å². The molecule has 0 unspecified atom stereocenters. The highest BCUT2D eigenvalue weighted by Crippen LogP contribution is 2.26. The molecule has 1 heterocycles. The minimum absolute atomic E-state index is 0.0569. The Labute approximate surface area is 169 Å². The molecule has 27 heavy (non-hydrogen) atoms. The average molecular weight is 411 g/mol. The zero-order valence-electron chi connectivity index (χ0n) is 16.3. The quantitative estimate of drug-likeness (QED) is 0.642. The summed E-state index contributed by atoms with van der Waals surface area (Å²) in [7, 11) is 0. The Hall–Kier alpha value is -1.73. The third-order valence-electron chi connectivity index (χ3n) is 3.97. The van der Waals surface area contributed by atoms with Gasteiger partial charge in [-0.05, 0) is 45.4 Å². The Balaban J connectivity index is 2.09. The molecular formula is C19H27ClN4O2S. The number of nitrogens with zero attached hydrogens (tertiary/aromatic N) is 3. The Morgan fingerprint density at radius 3 is 2.70 bits per heavy atom. The van der Waals surface area contributed by atoms with Crippen molar-refractivity contribution in [2.24, 2.45) is 0 Å². The molecule has 0 aliphatic carbocycles. The summed E-state index contributed by atoms with van der Waals surface area (Å²) < 4.78 is 2.12. The van der Waals surface area contributed by atoms with Crippen molar-refractivity contribution in [1.82, 2.24) is 19.8 Å². The molecule has 2 aromatic rings. The Bertz CT molecular complexity index is 806. The summed E-state index contributed by atoms with van der Waals surface area (Å²) in [5.74, 6) is 0.0245. The van der Waals surface area contributed by atoms with Crippen LogP contribution >= 0.6 is 23.4 Å². The highest BCUT2D eigenvalue weighted by atomic mass is 35.5. The molecule has 1 aromatic carbocycles. The first-order valence-corrected chi connectivity index (χ1v) is 10.6. The van der Waals surface area contributed by atoms with Crippen molar-refractivity contribution in [2.75, 3.05) is 18.8 Å². The van der Waals surface area contributed by atoms with Gasteiger partial charge in [-0.1, -0.05) is 30.3 Å². The number of thioether (sulfide) groups is 1. The maximum Gasteiger partial charge on any atom is 0.239 e. The summed E-state index contributed by atoms with van der Waals surface area (Å²) >= 11 is 7.47. The van der Waals surface area contributed by atoms with Crippen molar-refractivity contribution < 1.29 is 9.59 Å². The summed E-state index contributed by atoms with van der Waals surface area (Å²) in [5.41, 5.74) is 1.84. The van der Waals surface area contributed by atoms with Crippen LogP contribution in [-0.4, -0.2) is 51.1 Å². The van der Waals surface area contributed by atoms with Gasteiger partial charge in [0.1, 0.15) is 0 Å². The second-order valence-corrected chi connectivity index (χ2v) is 7.98. The molecule has 0 fully saturated rings. The van der Waals surface area contributed by atoms with Crippen molar-refractivity contribution in [3.05, 3.63) is 23.2 Å². The first kappa shape index (κ1) is 21.6. The van der Waals surface area contributed by atoms with E-state index in [9.17, 15) is 9.59 Å². The van der Waals surface area contributed by atoms with Crippen LogP contribution < -0.4 is 5.32 Å². The van der Waals surface area contributed by atoms with E-state index in [0.29, 0.717) is 11.6 Å². The van der Waals surface area contributed by atoms with Crippen molar-refractivity contribution in [2.45, 2.75) is 51.9 Å². The molecule has 6 nitrogen and oxygen atoms in total. The van der Waals surface area contributed by atoms with E-state index in [0.717, 1.165) is 29.2 Å². The SMILES string of the molecule is CCCn1c(SCC(=O)N(CC)CC(=O)NC(C)C)nc2cc(Cl)ccc21. The smallest absolute Gasteiger partial charge is 0.239 e. The van der Waals surface area contributed by atoms with Gasteiger partial charge in [0.2, 0.25) is 11.8 Å². The third kappa shape index (κ3) is 5.87. The molecule has 148 valence electrons. The second kappa shape index (κ2) is 9.99. The van der Waals surface area contributed by atoms with Gasteiger partial charge in [-0.3, -0.25) is 9.59 Å². The summed E-state index contributed by atoms with van der Waals surface area (Å²) in [6, 6.07) is 5.70. The number of likely N-dealkylation sites (N-methyl/N-ethyl adjacent to an activating group) is 1. The van der Waals surface area contributed by atoms with E-state index in [-0.39, 0.29) is 30.2 Å². The van der Waals surface area contributed by atoms with Gasteiger partial charge in [0, 0.05) is 24.2 Å². The number of carbonyl (C=O) groups is 2. The monoisotopic (exact) mass is 410 g/mol. The molecule has 0 saturated heterocycles. The fourth-order valence-corrected chi connectivity index (χ4v) is 3.88. The lowest BCUT2D eigenvalue weighted by Gasteiger charge is -2.21. The molecule has 0 radical (unpaired) electrons. The van der Waals surface area contributed by atoms with E-state index in [1.54, 1.807) is 4.90 Å². The van der Waals surface area contributed by atoms with Crippen molar-refractivity contribution in [1.29, 1.82) is 0 Å². The fourth-order valence-electron chi connectivity index (χ4n) is 2.77. The van der Waals surface area contributed by atoms with Gasteiger partial charge in [0.05, 0.1) is 23.3 Å². The van der Waals surface area contributed by atoms with Gasteiger partial charge in [0.15, 0.2) is 5.16 Å². The van der Waals surface area contributed by atoms with Crippen LogP contribution in [-0.2, 0) is 16.1 Å². The van der Waals surface area contributed by atoms with Crippen molar-refractivity contribution in [3.63, 3.8) is 0 Å². The summed E-state index contributed by atoms with van der Waals surface area (Å²) in [6.45, 7) is 9.17. The Kier molecular flexibility index (Phi) is 7.98. The van der Waals surface area contributed by atoms with Crippen LogP contribution in [0.25, 0.3) is 11.0 Å². The topological polar surface area (TPSA) is 67.2 Å². The second-order valence-electron chi connectivity index (χ2n) is 6.60. The minimum atomic E-state index is -0.141. The standard InChI is InChI=1S/C19H27ClN4O2S/c1-5-9-24-16-8-7-14(20)10-15(16)22-19(24)27-12-18(26)23(6-2)11-17(25)21-13(3)4/h7-8,10,13H,5-6,9,11-12H2,1-4H3,(H,21,25). The lowest BCUT2D eigenvalue weighted by atomic mass is 10.3. The maximum absolute atomic E-state index is 12.6. The predicted molar refractivity (Wildman–Crippen MR) is 111 cm³/mol. The van der Waals surface area contributed by atoms with E-state index in [2.05, 4.69) is 21.8 Å². The van der Waals surface area contributed by atoms with Crippen LogP contribution in [0.5, 0.6) is 0 Å². The maximum atomic E-state index is 12.6. The van der Waals surface area contributed by atoms with Gasteiger partial charge >= 0.3 is 0 Å². The summed E-state index contributed by atoms with van der Waals surface area (Å²) in [4.78, 5) is 30.7. The number of rotatable bonds is 9. The first-order valence-electron chi connectivity index (χ1n) is 9.21. The van der Waals surface area contributed by atoms with Crippen LogP contribution in [0.2, 0.25) is 5.02 Å². The van der Waals surface area contributed by atoms with Crippen LogP contribution in [0.1, 0.15) is 34.1 Å². The Morgan fingerprint density at radius 2 is 2.07 bits per heavy atom. The number of nitrogens with one attached hydrogen (secondary N) is 1. The number of hydrogen-bond donors (Lipinski definition) is 1. The number of carbonyl (C=O) groups excluding carboxylic acids is 2. The van der Waals surface area contributed by atoms with E-state index >= 15 is 0 Å². The fraction of sp³-hybridized carbons (Fsp3) is 0.526. The molecule has 0 aliphatic heterocycles. The molecule has 0 bridgehead atoms. The van der Waals surface area contributed by atoms with Gasteiger partial charge in [-0.2, -0.15) is 0 Å². The average Bonchev–Trinajstić information content (AvgIpc) is 2.94. The number of amides is 2. The van der Waals surface area contributed by atoms with Gasteiger partial charge in [0.25, 0.3) is 0 Å². The lowest BCUT2D eigenvalue weighted by Crippen LogP contribution is -2.43. The number of fused-ring (bicyclic) bond motifs is 1. The number of aromatic nitrogens is 2. The molecular weight excluding hydrogens is 384 g/mol. The number of imidazole rings is 1. The van der Waals surface area contributed by atoms with Crippen LogP contribution in [0.3, 0.4) is 0 Å². The highest BCUT2D eigenvalue weighted by Gasteiger charge is 2.18. The van der Waals surface area contributed by atoms with Crippen LogP contribution in [0, 0.1) is 0 Å². The minimum Gasteiger partial charge on any atom is -0.352 e. The largest absolute Gasteiger partial charge is 0.352 e. The number of hydrogen-bond acceptors (Lipinski definition) is 4. The highest BCUT2D eigenvalue weighted by molar-refractivity contribution is 7.99. The first-order chi connectivity index (χ1) is 12.8. The van der Waals surface area contributed by atoms with Crippen LogP contribution in [0.4, 0.5) is 0 Å². The predicted octanol–water partition coefficient (Wildman–Crippen LogP) is 3.56. The van der Waals surface area contributed by atoms with Gasteiger partial charge in [-0.15, -0.1) is 0 Å². The van der Waals surface area contributed by atoms with E-state index in [1.807, 2.05) is 39.0 Å². The number of benzene rings is 1. The summed E-state index contributed by atoms with van der Waals surface area (Å²) in [5, 5.41) is 4.26. The van der Waals surface area contributed by atoms with E-state index in [4.69, 9.17) is 11.6 Å². The number of aryl methyl sites for hydroxylation is 1. The van der Waals surface area contributed by atoms with E-state index in [1.165, 1.54) is 11.8 Å². The molecule has 1 aromatic heterocycles. The molecule has 1 N–H and O–H groups in total. The van der Waals surface area contributed by atoms with Crippen molar-refractivity contribution in [3.8, 4) is 0 Å². The molecule has 0 atom stereocenters. The van der Waals surface area contributed by atoms with E-state index < -0.39 is 0 Å².